The summed E-state index contributed by atoms with van der Waals surface area (Å²) in [6.45, 7) is 6.84. The molecule has 0 saturated carbocycles. The summed E-state index contributed by atoms with van der Waals surface area (Å²) in [4.78, 5) is 2.42. The predicted molar refractivity (Wildman–Crippen MR) is 127 cm³/mol. The summed E-state index contributed by atoms with van der Waals surface area (Å²) < 4.78 is 21.3. The van der Waals surface area contributed by atoms with Crippen molar-refractivity contribution >= 4 is 0 Å². The Balaban J connectivity index is 1.56. The molecule has 32 heavy (non-hydrogen) atoms. The van der Waals surface area contributed by atoms with Crippen LogP contribution in [0.1, 0.15) is 61.7 Å². The second-order valence-corrected chi connectivity index (χ2v) is 9.36. The molecule has 1 unspecified atom stereocenters. The van der Waals surface area contributed by atoms with E-state index in [0.29, 0.717) is 18.5 Å². The van der Waals surface area contributed by atoms with E-state index in [-0.39, 0.29) is 5.82 Å². The van der Waals surface area contributed by atoms with E-state index in [1.54, 1.807) is 0 Å². The lowest BCUT2D eigenvalue weighted by atomic mass is 9.99. The molecule has 170 valence electrons. The van der Waals surface area contributed by atoms with Gasteiger partial charge in [0.15, 0.2) is 0 Å². The van der Waals surface area contributed by atoms with Gasteiger partial charge >= 0.3 is 0 Å². The van der Waals surface area contributed by atoms with Gasteiger partial charge in [0.1, 0.15) is 11.6 Å². The molecule has 4 nitrogen and oxygen atoms in total. The number of nitrogens with zero attached hydrogens (tertiary/aromatic N) is 3. The monoisotopic (exact) mass is 435 g/mol. The van der Waals surface area contributed by atoms with Crippen molar-refractivity contribution in [1.29, 1.82) is 0 Å². The van der Waals surface area contributed by atoms with Crippen molar-refractivity contribution in [2.24, 2.45) is 5.92 Å². The Kier molecular flexibility index (Phi) is 7.26. The van der Waals surface area contributed by atoms with Gasteiger partial charge in [-0.1, -0.05) is 44.5 Å². The summed E-state index contributed by atoms with van der Waals surface area (Å²) in [5, 5.41) is 5.04. The maximum atomic E-state index is 13.4. The van der Waals surface area contributed by atoms with E-state index in [4.69, 9.17) is 9.84 Å². The Bertz CT molecular complexity index is 995. The van der Waals surface area contributed by atoms with Gasteiger partial charge in [0.2, 0.25) is 0 Å². The molecule has 0 spiro atoms. The van der Waals surface area contributed by atoms with Crippen molar-refractivity contribution < 1.29 is 9.13 Å². The Morgan fingerprint density at radius 2 is 1.75 bits per heavy atom. The number of aromatic nitrogens is 2. The first-order valence-electron chi connectivity index (χ1n) is 11.7. The lowest BCUT2D eigenvalue weighted by Crippen LogP contribution is -2.29. The average Bonchev–Trinajstić information content (AvgIpc) is 3.17. The zero-order valence-electron chi connectivity index (χ0n) is 19.4. The highest BCUT2D eigenvalue weighted by Crippen LogP contribution is 2.30. The number of ether oxygens (including phenoxy) is 1. The average molecular weight is 436 g/mol. The number of halogens is 1. The van der Waals surface area contributed by atoms with Crippen LogP contribution in [0.25, 0.3) is 0 Å². The van der Waals surface area contributed by atoms with Gasteiger partial charge in [-0.05, 0) is 73.8 Å². The fourth-order valence-electron chi connectivity index (χ4n) is 4.31. The minimum absolute atomic E-state index is 0.202. The lowest BCUT2D eigenvalue weighted by molar-refractivity contribution is 0.183. The molecule has 3 aromatic rings. The van der Waals surface area contributed by atoms with Gasteiger partial charge < -0.3 is 4.74 Å². The zero-order chi connectivity index (χ0) is 22.5. The van der Waals surface area contributed by atoms with Crippen LogP contribution in [0.5, 0.6) is 5.75 Å². The molecule has 1 aliphatic heterocycles. The highest BCUT2D eigenvalue weighted by atomic mass is 19.1. The minimum atomic E-state index is -0.202. The van der Waals surface area contributed by atoms with Gasteiger partial charge in [-0.15, -0.1) is 0 Å². The smallest absolute Gasteiger partial charge is 0.123 e. The Labute approximate surface area is 191 Å². The maximum absolute atomic E-state index is 13.4. The van der Waals surface area contributed by atoms with Gasteiger partial charge in [-0.3, -0.25) is 9.58 Å². The van der Waals surface area contributed by atoms with Crippen LogP contribution < -0.4 is 4.74 Å². The minimum Gasteiger partial charge on any atom is -0.493 e. The summed E-state index contributed by atoms with van der Waals surface area (Å²) in [7, 11) is 2.19. The third-order valence-electron chi connectivity index (χ3n) is 6.13. The van der Waals surface area contributed by atoms with E-state index in [0.717, 1.165) is 48.7 Å². The van der Waals surface area contributed by atoms with Crippen LogP contribution in [-0.2, 0) is 13.0 Å². The molecule has 0 radical (unpaired) electrons. The number of benzene rings is 2. The second-order valence-electron chi connectivity index (χ2n) is 9.36. The molecule has 2 aromatic carbocycles. The fourth-order valence-corrected chi connectivity index (χ4v) is 4.31. The van der Waals surface area contributed by atoms with E-state index in [1.165, 1.54) is 30.5 Å². The summed E-state index contributed by atoms with van der Waals surface area (Å²) in [6.07, 6.45) is 4.37. The van der Waals surface area contributed by atoms with Gasteiger partial charge in [-0.2, -0.15) is 5.10 Å². The van der Waals surface area contributed by atoms with Crippen LogP contribution in [0.2, 0.25) is 0 Å². The number of likely N-dealkylation sites (tertiary alicyclic amines) is 1. The third kappa shape index (κ3) is 5.77. The van der Waals surface area contributed by atoms with Crippen molar-refractivity contribution in [3.8, 4) is 5.75 Å². The molecule has 2 heterocycles. The zero-order valence-corrected chi connectivity index (χ0v) is 19.4. The summed E-state index contributed by atoms with van der Waals surface area (Å²) in [5.74, 6) is 1.20. The summed E-state index contributed by atoms with van der Waals surface area (Å²) in [6, 6.07) is 17.7. The number of rotatable bonds is 8. The van der Waals surface area contributed by atoms with Gasteiger partial charge in [0.25, 0.3) is 0 Å². The fraction of sp³-hybridized carbons (Fsp3) is 0.444. The summed E-state index contributed by atoms with van der Waals surface area (Å²) in [5.41, 5.74) is 4.58. The van der Waals surface area contributed by atoms with E-state index in [9.17, 15) is 4.39 Å². The van der Waals surface area contributed by atoms with Crippen LogP contribution in [0.4, 0.5) is 4.39 Å². The molecule has 5 heteroatoms. The van der Waals surface area contributed by atoms with E-state index < -0.39 is 0 Å². The molecule has 1 aliphatic rings. The summed E-state index contributed by atoms with van der Waals surface area (Å²) >= 11 is 0. The van der Waals surface area contributed by atoms with Crippen molar-refractivity contribution in [1.82, 2.24) is 14.7 Å². The third-order valence-corrected chi connectivity index (χ3v) is 6.13. The van der Waals surface area contributed by atoms with E-state index in [2.05, 4.69) is 48.7 Å². The molecule has 1 aromatic heterocycles. The molecule has 1 saturated heterocycles. The van der Waals surface area contributed by atoms with Crippen LogP contribution in [0.15, 0.2) is 54.6 Å². The molecular weight excluding hydrogens is 401 g/mol. The van der Waals surface area contributed by atoms with Crippen molar-refractivity contribution in [3.05, 3.63) is 82.9 Å². The molecule has 0 N–H and O–H groups in total. The Hall–Kier alpha value is -2.66. The SMILES string of the molecule is CC(C)COc1ccc(Cn2nc(C3CCCCN3C)cc2Cc2ccc(F)cc2)cc1. The number of hydrogen-bond donors (Lipinski definition) is 0. The second kappa shape index (κ2) is 10.3. The highest BCUT2D eigenvalue weighted by molar-refractivity contribution is 5.29. The maximum Gasteiger partial charge on any atom is 0.123 e. The quantitative estimate of drug-likeness (QED) is 0.444. The van der Waals surface area contributed by atoms with E-state index >= 15 is 0 Å². The Morgan fingerprint density at radius 3 is 2.44 bits per heavy atom. The van der Waals surface area contributed by atoms with Crippen molar-refractivity contribution in [2.45, 2.75) is 52.1 Å². The first kappa shape index (κ1) is 22.5. The molecule has 0 aliphatic carbocycles. The van der Waals surface area contributed by atoms with Crippen molar-refractivity contribution in [2.75, 3.05) is 20.2 Å². The molecule has 1 fully saturated rings. The molecule has 4 rings (SSSR count). The van der Waals surface area contributed by atoms with Crippen LogP contribution in [-0.4, -0.2) is 34.9 Å². The molecule has 1 atom stereocenters. The van der Waals surface area contributed by atoms with Crippen LogP contribution >= 0.6 is 0 Å². The molecular formula is C27H34FN3O. The van der Waals surface area contributed by atoms with Gasteiger partial charge in [-0.25, -0.2) is 4.39 Å². The van der Waals surface area contributed by atoms with Gasteiger partial charge in [0.05, 0.1) is 24.9 Å². The standard InChI is InChI=1S/C27H34FN3O/c1-20(2)19-32-25-13-9-22(10-14-25)18-31-24(16-21-7-11-23(28)12-8-21)17-26(29-31)27-6-4-5-15-30(27)3/h7-14,17,20,27H,4-6,15-16,18-19H2,1-3H3. The van der Waals surface area contributed by atoms with Crippen molar-refractivity contribution in [3.63, 3.8) is 0 Å². The van der Waals surface area contributed by atoms with E-state index in [1.807, 2.05) is 24.3 Å². The van der Waals surface area contributed by atoms with Crippen LogP contribution in [0, 0.1) is 11.7 Å². The highest BCUT2D eigenvalue weighted by Gasteiger charge is 2.24. The normalized spacial score (nSPS) is 17.1. The molecule has 0 amide bonds. The van der Waals surface area contributed by atoms with Crippen LogP contribution in [0.3, 0.4) is 0 Å². The predicted octanol–water partition coefficient (Wildman–Crippen LogP) is 5.85. The largest absolute Gasteiger partial charge is 0.493 e. The lowest BCUT2D eigenvalue weighted by Gasteiger charge is -2.31. The van der Waals surface area contributed by atoms with Gasteiger partial charge in [0, 0.05) is 12.1 Å². The first-order valence-corrected chi connectivity index (χ1v) is 11.7. The number of piperidine rings is 1. The first-order chi connectivity index (χ1) is 15.5. The topological polar surface area (TPSA) is 30.3 Å². The molecule has 0 bridgehead atoms. The number of hydrogen-bond acceptors (Lipinski definition) is 3. The Morgan fingerprint density at radius 1 is 1.03 bits per heavy atom.